The van der Waals surface area contributed by atoms with E-state index in [9.17, 15) is 4.79 Å². The van der Waals surface area contributed by atoms with Gasteiger partial charge in [0, 0.05) is 6.42 Å². The molecule has 0 aromatic heterocycles. The Bertz CT molecular complexity index is 243. The van der Waals surface area contributed by atoms with Gasteiger partial charge in [-0.1, -0.05) is 19.3 Å². The number of rotatable bonds is 3. The molecule has 15 heavy (non-hydrogen) atoms. The van der Waals surface area contributed by atoms with Crippen LogP contribution < -0.4 is 5.32 Å². The first-order valence-electron chi connectivity index (χ1n) is 5.38. The summed E-state index contributed by atoms with van der Waals surface area (Å²) < 4.78 is 5.05. The molecule has 0 saturated carbocycles. The van der Waals surface area contributed by atoms with Gasteiger partial charge in [-0.05, 0) is 27.2 Å². The average molecular weight is 211 g/mol. The van der Waals surface area contributed by atoms with Crippen molar-refractivity contribution in [2.75, 3.05) is 6.54 Å². The summed E-state index contributed by atoms with van der Waals surface area (Å²) >= 11 is 0. The molecule has 0 atom stereocenters. The van der Waals surface area contributed by atoms with Crippen molar-refractivity contribution < 1.29 is 9.53 Å². The van der Waals surface area contributed by atoms with Crippen LogP contribution in [-0.2, 0) is 4.74 Å². The highest BCUT2D eigenvalue weighted by Crippen LogP contribution is 2.05. The van der Waals surface area contributed by atoms with E-state index in [-0.39, 0.29) is 0 Å². The quantitative estimate of drug-likeness (QED) is 0.575. The molecule has 1 amide bonds. The molecule has 0 aliphatic heterocycles. The first-order valence-corrected chi connectivity index (χ1v) is 5.38. The van der Waals surface area contributed by atoms with Crippen LogP contribution in [0.5, 0.6) is 0 Å². The number of hydrogen-bond donors (Lipinski definition) is 1. The maximum Gasteiger partial charge on any atom is 0.408 e. The van der Waals surface area contributed by atoms with Crippen molar-refractivity contribution >= 4 is 6.09 Å². The van der Waals surface area contributed by atoms with Gasteiger partial charge in [0.2, 0.25) is 0 Å². The van der Waals surface area contributed by atoms with Gasteiger partial charge < -0.3 is 10.1 Å². The van der Waals surface area contributed by atoms with Gasteiger partial charge in [-0.15, -0.1) is 5.92 Å². The molecule has 3 nitrogen and oxygen atoms in total. The van der Waals surface area contributed by atoms with Gasteiger partial charge in [0.25, 0.3) is 0 Å². The van der Waals surface area contributed by atoms with Gasteiger partial charge >= 0.3 is 6.09 Å². The van der Waals surface area contributed by atoms with E-state index in [1.165, 1.54) is 0 Å². The van der Waals surface area contributed by atoms with E-state index in [4.69, 9.17) is 4.74 Å². The zero-order valence-electron chi connectivity index (χ0n) is 10.1. The molecule has 0 aromatic rings. The fourth-order valence-electron chi connectivity index (χ4n) is 0.847. The first-order chi connectivity index (χ1) is 6.95. The zero-order valence-corrected chi connectivity index (χ0v) is 10.1. The molecule has 0 radical (unpaired) electrons. The molecule has 0 unspecified atom stereocenters. The Morgan fingerprint density at radius 2 is 2.00 bits per heavy atom. The van der Waals surface area contributed by atoms with Crippen LogP contribution in [0, 0.1) is 11.8 Å². The molecule has 0 aliphatic carbocycles. The molecule has 0 fully saturated rings. The van der Waals surface area contributed by atoms with Gasteiger partial charge in [-0.2, -0.15) is 0 Å². The molecule has 0 heterocycles. The lowest BCUT2D eigenvalue weighted by molar-refractivity contribution is 0.0535. The number of carbonyl (C=O) groups excluding carboxylic acids is 1. The predicted octanol–water partition coefficient (Wildman–Crippen LogP) is 2.70. The molecular weight excluding hydrogens is 190 g/mol. The van der Waals surface area contributed by atoms with E-state index in [1.54, 1.807) is 0 Å². The summed E-state index contributed by atoms with van der Waals surface area (Å²) in [6.07, 6.45) is 2.74. The molecule has 1 N–H and O–H groups in total. The third kappa shape index (κ3) is 10.8. The monoisotopic (exact) mass is 211 g/mol. The Hall–Kier alpha value is -1.17. The van der Waals surface area contributed by atoms with E-state index >= 15 is 0 Å². The second kappa shape index (κ2) is 7.17. The number of hydrogen-bond acceptors (Lipinski definition) is 2. The lowest BCUT2D eigenvalue weighted by Gasteiger charge is -2.18. The fraction of sp³-hybridized carbons (Fsp3) is 0.750. The minimum atomic E-state index is -0.445. The maximum atomic E-state index is 11.1. The van der Waals surface area contributed by atoms with Crippen molar-refractivity contribution in [2.45, 2.75) is 52.6 Å². The largest absolute Gasteiger partial charge is 0.444 e. The standard InChI is InChI=1S/C12H21NO2/c1-5-6-7-8-9-10-13-11(14)15-12(2,3)4/h5-7,10H2,1-4H3,(H,13,14). The Morgan fingerprint density at radius 1 is 1.33 bits per heavy atom. The van der Waals surface area contributed by atoms with Crippen molar-refractivity contribution in [3.63, 3.8) is 0 Å². The second-order valence-electron chi connectivity index (χ2n) is 4.31. The van der Waals surface area contributed by atoms with Crippen LogP contribution in [0.3, 0.4) is 0 Å². The Labute approximate surface area is 92.6 Å². The van der Waals surface area contributed by atoms with Gasteiger partial charge in [-0.3, -0.25) is 0 Å². The van der Waals surface area contributed by atoms with Crippen LogP contribution in [0.1, 0.15) is 47.0 Å². The first kappa shape index (κ1) is 13.8. The van der Waals surface area contributed by atoms with Gasteiger partial charge in [0.15, 0.2) is 0 Å². The summed E-state index contributed by atoms with van der Waals surface area (Å²) in [5.74, 6) is 5.86. The van der Waals surface area contributed by atoms with Gasteiger partial charge in [0.1, 0.15) is 5.60 Å². The summed E-state index contributed by atoms with van der Waals surface area (Å²) in [6, 6.07) is 0. The normalized spacial score (nSPS) is 10.1. The van der Waals surface area contributed by atoms with Crippen molar-refractivity contribution in [3.05, 3.63) is 0 Å². The minimum absolute atomic E-state index is 0.360. The summed E-state index contributed by atoms with van der Waals surface area (Å²) in [5, 5.41) is 2.58. The Balaban J connectivity index is 3.58. The van der Waals surface area contributed by atoms with Crippen molar-refractivity contribution in [2.24, 2.45) is 0 Å². The van der Waals surface area contributed by atoms with E-state index in [1.807, 2.05) is 20.8 Å². The third-order valence-corrected chi connectivity index (χ3v) is 1.50. The van der Waals surface area contributed by atoms with Gasteiger partial charge in [0.05, 0.1) is 6.54 Å². The third-order valence-electron chi connectivity index (χ3n) is 1.50. The van der Waals surface area contributed by atoms with Crippen molar-refractivity contribution in [3.8, 4) is 11.8 Å². The summed E-state index contributed by atoms with van der Waals surface area (Å²) in [7, 11) is 0. The SMILES string of the molecule is CCCCC#CCNC(=O)OC(C)(C)C. The molecule has 86 valence electrons. The van der Waals surface area contributed by atoms with Crippen LogP contribution in [0.2, 0.25) is 0 Å². The molecule has 0 bridgehead atoms. The lowest BCUT2D eigenvalue weighted by Crippen LogP contribution is -2.32. The van der Waals surface area contributed by atoms with Crippen LogP contribution >= 0.6 is 0 Å². The molecule has 0 spiro atoms. The molecule has 0 saturated heterocycles. The average Bonchev–Trinajstić information content (AvgIpc) is 2.08. The highest BCUT2D eigenvalue weighted by molar-refractivity contribution is 5.67. The van der Waals surface area contributed by atoms with Crippen LogP contribution in [0.15, 0.2) is 0 Å². The maximum absolute atomic E-state index is 11.1. The number of ether oxygens (including phenoxy) is 1. The molecular formula is C12H21NO2. The number of amides is 1. The number of nitrogens with one attached hydrogen (secondary N) is 1. The summed E-state index contributed by atoms with van der Waals surface area (Å²) in [5.41, 5.74) is -0.445. The smallest absolute Gasteiger partial charge is 0.408 e. The summed E-state index contributed by atoms with van der Waals surface area (Å²) in [6.45, 7) is 7.98. The Morgan fingerprint density at radius 3 is 2.53 bits per heavy atom. The van der Waals surface area contributed by atoms with Crippen LogP contribution in [0.25, 0.3) is 0 Å². The zero-order chi connectivity index (χ0) is 11.7. The second-order valence-corrected chi connectivity index (χ2v) is 4.31. The highest BCUT2D eigenvalue weighted by atomic mass is 16.6. The topological polar surface area (TPSA) is 38.3 Å². The van der Waals surface area contributed by atoms with E-state index in [2.05, 4.69) is 24.1 Å². The number of unbranched alkanes of at least 4 members (excludes halogenated alkanes) is 2. The van der Waals surface area contributed by atoms with Crippen LogP contribution in [0.4, 0.5) is 4.79 Å². The van der Waals surface area contributed by atoms with Crippen molar-refractivity contribution in [1.29, 1.82) is 0 Å². The van der Waals surface area contributed by atoms with E-state index in [0.717, 1.165) is 19.3 Å². The van der Waals surface area contributed by atoms with Crippen LogP contribution in [-0.4, -0.2) is 18.2 Å². The fourth-order valence-corrected chi connectivity index (χ4v) is 0.847. The van der Waals surface area contributed by atoms with Gasteiger partial charge in [-0.25, -0.2) is 4.79 Å². The van der Waals surface area contributed by atoms with E-state index in [0.29, 0.717) is 6.54 Å². The molecule has 0 rings (SSSR count). The molecule has 0 aromatic carbocycles. The molecule has 0 aliphatic rings. The lowest BCUT2D eigenvalue weighted by atomic mass is 10.2. The number of alkyl carbamates (subject to hydrolysis) is 1. The molecule has 3 heteroatoms. The van der Waals surface area contributed by atoms with E-state index < -0.39 is 11.7 Å². The van der Waals surface area contributed by atoms with Crippen molar-refractivity contribution in [1.82, 2.24) is 5.32 Å². The summed E-state index contributed by atoms with van der Waals surface area (Å²) in [4.78, 5) is 11.1. The highest BCUT2D eigenvalue weighted by Gasteiger charge is 2.14. The Kier molecular flexibility index (Phi) is 6.61. The predicted molar refractivity (Wildman–Crippen MR) is 61.5 cm³/mol. The number of carbonyl (C=O) groups is 1. The minimum Gasteiger partial charge on any atom is -0.444 e.